The van der Waals surface area contributed by atoms with Crippen molar-refractivity contribution in [3.05, 3.63) is 29.3 Å². The molecule has 3 rings (SSSR count). The molecule has 1 amide bonds. The van der Waals surface area contributed by atoms with Gasteiger partial charge >= 0.3 is 5.97 Å². The summed E-state index contributed by atoms with van der Waals surface area (Å²) in [5.41, 5.74) is 0.695. The highest BCUT2D eigenvalue weighted by Crippen LogP contribution is 2.64. The third kappa shape index (κ3) is 4.26. The molecule has 0 bridgehead atoms. The summed E-state index contributed by atoms with van der Waals surface area (Å²) in [4.78, 5) is 26.2. The molecule has 1 saturated carbocycles. The lowest BCUT2D eigenvalue weighted by Crippen LogP contribution is -2.51. The Morgan fingerprint density at radius 3 is 2.24 bits per heavy atom. The average molecular weight is 463 g/mol. The van der Waals surface area contributed by atoms with E-state index in [1.54, 1.807) is 26.0 Å². The van der Waals surface area contributed by atoms with Gasteiger partial charge in [-0.3, -0.25) is 9.59 Å². The van der Waals surface area contributed by atoms with Gasteiger partial charge in [0.25, 0.3) is 5.91 Å². The van der Waals surface area contributed by atoms with E-state index in [9.17, 15) is 18.0 Å². The SMILES string of the molecule is Cc1ccc(S(=O)(=O)N2CCN(C(=O)COC(=O)[C@@]3(C)CC3(Cl)Cl)CC2)c(C)c1. The third-order valence-electron chi connectivity index (χ3n) is 5.57. The number of alkyl halides is 2. The maximum Gasteiger partial charge on any atom is 0.315 e. The van der Waals surface area contributed by atoms with Crippen LogP contribution in [0.4, 0.5) is 0 Å². The van der Waals surface area contributed by atoms with Gasteiger partial charge in [0, 0.05) is 32.6 Å². The molecule has 1 heterocycles. The molecule has 160 valence electrons. The van der Waals surface area contributed by atoms with Gasteiger partial charge in [-0.25, -0.2) is 8.42 Å². The van der Waals surface area contributed by atoms with Crippen LogP contribution >= 0.6 is 23.2 Å². The van der Waals surface area contributed by atoms with Crippen molar-refractivity contribution in [3.63, 3.8) is 0 Å². The van der Waals surface area contributed by atoms with Crippen LogP contribution in [0.25, 0.3) is 0 Å². The van der Waals surface area contributed by atoms with Crippen molar-refractivity contribution in [1.82, 2.24) is 9.21 Å². The lowest BCUT2D eigenvalue weighted by molar-refractivity contribution is -0.156. The first kappa shape index (κ1) is 22.3. The van der Waals surface area contributed by atoms with Crippen LogP contribution in [-0.4, -0.2) is 66.6 Å². The number of benzene rings is 1. The summed E-state index contributed by atoms with van der Waals surface area (Å²) in [6.07, 6.45) is 0.283. The first-order valence-corrected chi connectivity index (χ1v) is 11.5. The Morgan fingerprint density at radius 2 is 1.72 bits per heavy atom. The van der Waals surface area contributed by atoms with Gasteiger partial charge in [-0.2, -0.15) is 4.31 Å². The lowest BCUT2D eigenvalue weighted by atomic mass is 10.1. The van der Waals surface area contributed by atoms with Crippen LogP contribution in [0.15, 0.2) is 23.1 Å². The summed E-state index contributed by atoms with van der Waals surface area (Å²) >= 11 is 11.9. The number of amides is 1. The quantitative estimate of drug-likeness (QED) is 0.494. The molecule has 1 atom stereocenters. The van der Waals surface area contributed by atoms with Crippen LogP contribution in [0.2, 0.25) is 0 Å². The van der Waals surface area contributed by atoms with Crippen molar-refractivity contribution in [3.8, 4) is 0 Å². The molecule has 1 aromatic carbocycles. The minimum absolute atomic E-state index is 0.180. The predicted octanol–water partition coefficient (Wildman–Crippen LogP) is 2.26. The first-order chi connectivity index (χ1) is 13.4. The average Bonchev–Trinajstić information content (AvgIpc) is 3.18. The predicted molar refractivity (Wildman–Crippen MR) is 109 cm³/mol. The Kier molecular flexibility index (Phi) is 5.95. The number of halogens is 2. The van der Waals surface area contributed by atoms with Gasteiger partial charge in [0.15, 0.2) is 6.61 Å². The van der Waals surface area contributed by atoms with Crippen LogP contribution in [0.3, 0.4) is 0 Å². The van der Waals surface area contributed by atoms with Gasteiger partial charge in [0.1, 0.15) is 9.75 Å². The minimum Gasteiger partial charge on any atom is -0.455 e. The normalized spacial score (nSPS) is 24.2. The highest BCUT2D eigenvalue weighted by atomic mass is 35.5. The second-order valence-electron chi connectivity index (χ2n) is 7.84. The highest BCUT2D eigenvalue weighted by Gasteiger charge is 2.69. The summed E-state index contributed by atoms with van der Waals surface area (Å²) in [5, 5.41) is 0. The monoisotopic (exact) mass is 462 g/mol. The fraction of sp³-hybridized carbons (Fsp3) is 0.579. The van der Waals surface area contributed by atoms with Crippen LogP contribution in [0.5, 0.6) is 0 Å². The van der Waals surface area contributed by atoms with E-state index < -0.39 is 32.3 Å². The van der Waals surface area contributed by atoms with Gasteiger partial charge in [0.2, 0.25) is 10.0 Å². The standard InChI is InChI=1S/C19H24Cl2N2O5S/c1-13-4-5-15(14(2)10-13)29(26,27)23-8-6-22(7-9-23)16(24)11-28-17(25)18(3)12-19(18,20)21/h4-5,10H,6-9,11-12H2,1-3H3/t18-/m1/s1. The topological polar surface area (TPSA) is 84.0 Å². The van der Waals surface area contributed by atoms with E-state index in [0.29, 0.717) is 5.56 Å². The Morgan fingerprint density at radius 1 is 1.14 bits per heavy atom. The molecule has 0 aromatic heterocycles. The Labute approximate surface area is 180 Å². The van der Waals surface area contributed by atoms with Crippen LogP contribution in [0.1, 0.15) is 24.5 Å². The zero-order valence-corrected chi connectivity index (χ0v) is 18.9. The van der Waals surface area contributed by atoms with E-state index in [0.717, 1.165) is 5.56 Å². The first-order valence-electron chi connectivity index (χ1n) is 9.29. The second-order valence-corrected chi connectivity index (χ2v) is 11.2. The number of carbonyl (C=O) groups is 2. The molecule has 1 saturated heterocycles. The number of ether oxygens (including phenoxy) is 1. The largest absolute Gasteiger partial charge is 0.455 e. The maximum absolute atomic E-state index is 12.9. The smallest absolute Gasteiger partial charge is 0.315 e. The summed E-state index contributed by atoms with van der Waals surface area (Å²) < 4.78 is 31.1. The third-order valence-corrected chi connectivity index (χ3v) is 8.74. The molecule has 1 aromatic rings. The summed E-state index contributed by atoms with van der Waals surface area (Å²) in [5.74, 6) is -0.979. The number of aryl methyl sites for hydroxylation is 2. The maximum atomic E-state index is 12.9. The van der Waals surface area contributed by atoms with E-state index in [1.807, 2.05) is 13.0 Å². The zero-order valence-electron chi connectivity index (χ0n) is 16.6. The summed E-state index contributed by atoms with van der Waals surface area (Å²) in [6.45, 7) is 5.67. The van der Waals surface area contributed by atoms with Gasteiger partial charge in [-0.15, -0.1) is 23.2 Å². The van der Waals surface area contributed by atoms with E-state index >= 15 is 0 Å². The molecule has 2 fully saturated rings. The van der Waals surface area contributed by atoms with E-state index in [1.165, 1.54) is 9.21 Å². The van der Waals surface area contributed by atoms with Crippen LogP contribution < -0.4 is 0 Å². The fourth-order valence-electron chi connectivity index (χ4n) is 3.40. The Balaban J connectivity index is 1.55. The van der Waals surface area contributed by atoms with Crippen LogP contribution in [0, 0.1) is 19.3 Å². The molecule has 1 aliphatic heterocycles. The number of esters is 1. The van der Waals surface area contributed by atoms with Crippen molar-refractivity contribution < 1.29 is 22.7 Å². The van der Waals surface area contributed by atoms with E-state index in [2.05, 4.69) is 0 Å². The molecular formula is C19H24Cl2N2O5S. The van der Waals surface area contributed by atoms with Gasteiger partial charge in [-0.05, 0) is 32.4 Å². The second kappa shape index (κ2) is 7.72. The number of carbonyl (C=O) groups excluding carboxylic acids is 2. The van der Waals surface area contributed by atoms with Gasteiger partial charge in [0.05, 0.1) is 4.90 Å². The number of hydrogen-bond donors (Lipinski definition) is 0. The molecular weight excluding hydrogens is 439 g/mol. The highest BCUT2D eigenvalue weighted by molar-refractivity contribution is 7.89. The Hall–Kier alpha value is -1.35. The molecule has 0 N–H and O–H groups in total. The number of sulfonamides is 1. The zero-order chi connectivity index (χ0) is 21.6. The molecule has 10 heteroatoms. The van der Waals surface area contributed by atoms with Crippen molar-refractivity contribution in [2.45, 2.75) is 36.4 Å². The number of nitrogens with zero attached hydrogens (tertiary/aromatic N) is 2. The van der Waals surface area contributed by atoms with Crippen LogP contribution in [-0.2, 0) is 24.3 Å². The fourth-order valence-corrected chi connectivity index (χ4v) is 5.72. The lowest BCUT2D eigenvalue weighted by Gasteiger charge is -2.34. The van der Waals surface area contributed by atoms with E-state index in [-0.39, 0.29) is 43.4 Å². The molecule has 0 radical (unpaired) electrons. The number of hydrogen-bond acceptors (Lipinski definition) is 5. The Bertz CT molecular complexity index is 942. The van der Waals surface area contributed by atoms with Crippen molar-refractivity contribution in [2.75, 3.05) is 32.8 Å². The molecule has 0 unspecified atom stereocenters. The van der Waals surface area contributed by atoms with Crippen molar-refractivity contribution in [2.24, 2.45) is 5.41 Å². The molecule has 0 spiro atoms. The summed E-state index contributed by atoms with van der Waals surface area (Å²) in [6, 6.07) is 5.21. The molecule has 1 aliphatic carbocycles. The molecule has 2 aliphatic rings. The number of rotatable bonds is 5. The molecule has 7 nitrogen and oxygen atoms in total. The van der Waals surface area contributed by atoms with Gasteiger partial charge < -0.3 is 9.64 Å². The van der Waals surface area contributed by atoms with Crippen molar-refractivity contribution >= 4 is 45.1 Å². The minimum atomic E-state index is -3.63. The number of piperazine rings is 1. The van der Waals surface area contributed by atoms with Crippen molar-refractivity contribution in [1.29, 1.82) is 0 Å². The molecule has 29 heavy (non-hydrogen) atoms. The van der Waals surface area contributed by atoms with E-state index in [4.69, 9.17) is 27.9 Å². The van der Waals surface area contributed by atoms with Gasteiger partial charge in [-0.1, -0.05) is 17.7 Å². The summed E-state index contributed by atoms with van der Waals surface area (Å²) in [7, 11) is -3.63.